The fourth-order valence-electron chi connectivity index (χ4n) is 0.802. The molecule has 1 aromatic rings. The molecule has 2 nitrogen and oxygen atoms in total. The van der Waals surface area contributed by atoms with Crippen LogP contribution in [-0.4, -0.2) is 17.5 Å². The molecule has 1 atom stereocenters. The fraction of sp³-hybridized carbons (Fsp3) is 0.375. The summed E-state index contributed by atoms with van der Waals surface area (Å²) in [4.78, 5) is 3.90. The van der Waals surface area contributed by atoms with Crippen molar-refractivity contribution in [2.75, 3.05) is 5.32 Å². The molecule has 13 heavy (non-hydrogen) atoms. The molecular weight excluding hydrogens is 242 g/mol. The first-order chi connectivity index (χ1) is 6.11. The minimum absolute atomic E-state index is 0.544. The van der Waals surface area contributed by atoms with Crippen molar-refractivity contribution in [1.82, 2.24) is 4.98 Å². The van der Waals surface area contributed by atoms with E-state index in [0.29, 0.717) is 10.3 Å². The Morgan fingerprint density at radius 3 is 2.77 bits per heavy atom. The molecule has 0 aliphatic heterocycles. The third-order valence-electron chi connectivity index (χ3n) is 1.52. The van der Waals surface area contributed by atoms with Crippen LogP contribution < -0.4 is 5.32 Å². The van der Waals surface area contributed by atoms with E-state index in [0.717, 1.165) is 0 Å². The van der Waals surface area contributed by atoms with E-state index in [1.807, 2.05) is 0 Å². The maximum absolute atomic E-state index is 12.1. The van der Waals surface area contributed by atoms with Crippen molar-refractivity contribution < 1.29 is 8.78 Å². The minimum atomic E-state index is -2.38. The molecular formula is C8H9BrF2N2. The first-order valence-electron chi connectivity index (χ1n) is 3.76. The molecule has 0 aliphatic rings. The summed E-state index contributed by atoms with van der Waals surface area (Å²) >= 11 is 3.16. The summed E-state index contributed by atoms with van der Waals surface area (Å²) in [5.41, 5.74) is 0.579. The van der Waals surface area contributed by atoms with E-state index in [1.54, 1.807) is 18.3 Å². The van der Waals surface area contributed by atoms with Crippen LogP contribution in [-0.2, 0) is 0 Å². The number of nitrogens with zero attached hydrogens (tertiary/aromatic N) is 1. The highest BCUT2D eigenvalue weighted by molar-refractivity contribution is 9.10. The van der Waals surface area contributed by atoms with Crippen LogP contribution in [0.4, 0.5) is 14.5 Å². The second kappa shape index (κ2) is 4.50. The van der Waals surface area contributed by atoms with Gasteiger partial charge in [0.15, 0.2) is 0 Å². The van der Waals surface area contributed by atoms with Gasteiger partial charge in [-0.1, -0.05) is 0 Å². The summed E-state index contributed by atoms with van der Waals surface area (Å²) < 4.78 is 24.8. The van der Waals surface area contributed by atoms with Crippen LogP contribution in [0.1, 0.15) is 6.92 Å². The van der Waals surface area contributed by atoms with Gasteiger partial charge in [0.05, 0.1) is 11.7 Å². The molecule has 0 aromatic carbocycles. The van der Waals surface area contributed by atoms with Crippen molar-refractivity contribution in [1.29, 1.82) is 0 Å². The first-order valence-corrected chi connectivity index (χ1v) is 4.55. The van der Waals surface area contributed by atoms with Gasteiger partial charge in [0.1, 0.15) is 4.60 Å². The van der Waals surface area contributed by atoms with E-state index in [1.165, 1.54) is 6.92 Å². The lowest BCUT2D eigenvalue weighted by molar-refractivity contribution is 0.130. The highest BCUT2D eigenvalue weighted by Gasteiger charge is 2.14. The van der Waals surface area contributed by atoms with Gasteiger partial charge in [-0.3, -0.25) is 0 Å². The Morgan fingerprint density at radius 2 is 2.23 bits per heavy atom. The van der Waals surface area contributed by atoms with Crippen molar-refractivity contribution in [2.45, 2.75) is 19.4 Å². The van der Waals surface area contributed by atoms with Gasteiger partial charge in [0.25, 0.3) is 6.43 Å². The molecule has 0 aliphatic carbocycles. The number of alkyl halides is 2. The van der Waals surface area contributed by atoms with E-state index in [9.17, 15) is 8.78 Å². The average molecular weight is 251 g/mol. The van der Waals surface area contributed by atoms with Crippen molar-refractivity contribution >= 4 is 21.6 Å². The molecule has 5 heteroatoms. The average Bonchev–Trinajstić information content (AvgIpc) is 2.08. The van der Waals surface area contributed by atoms with Crippen LogP contribution in [0.5, 0.6) is 0 Å². The predicted octanol–water partition coefficient (Wildman–Crippen LogP) is 2.91. The quantitative estimate of drug-likeness (QED) is 0.835. The molecule has 0 saturated carbocycles. The first kappa shape index (κ1) is 10.4. The summed E-state index contributed by atoms with van der Waals surface area (Å²) in [6, 6.07) is 2.50. The number of rotatable bonds is 3. The maximum Gasteiger partial charge on any atom is 0.258 e. The largest absolute Gasteiger partial charge is 0.375 e. The van der Waals surface area contributed by atoms with Gasteiger partial charge in [0.2, 0.25) is 0 Å². The highest BCUT2D eigenvalue weighted by atomic mass is 79.9. The molecule has 0 amide bonds. The zero-order valence-electron chi connectivity index (χ0n) is 6.97. The van der Waals surface area contributed by atoms with E-state index < -0.39 is 12.5 Å². The van der Waals surface area contributed by atoms with Gasteiger partial charge in [-0.15, -0.1) is 0 Å². The molecule has 72 valence electrons. The van der Waals surface area contributed by atoms with Crippen LogP contribution in [0.15, 0.2) is 22.9 Å². The monoisotopic (exact) mass is 250 g/mol. The molecule has 0 radical (unpaired) electrons. The SMILES string of the molecule is CC(Nc1cccnc1Br)C(F)F. The molecule has 1 aromatic heterocycles. The summed E-state index contributed by atoms with van der Waals surface area (Å²) in [7, 11) is 0. The maximum atomic E-state index is 12.1. The number of halogens is 3. The zero-order chi connectivity index (χ0) is 9.84. The molecule has 0 fully saturated rings. The predicted molar refractivity (Wildman–Crippen MR) is 51.0 cm³/mol. The number of hydrogen-bond acceptors (Lipinski definition) is 2. The van der Waals surface area contributed by atoms with Gasteiger partial charge in [-0.2, -0.15) is 0 Å². The van der Waals surface area contributed by atoms with E-state index >= 15 is 0 Å². The van der Waals surface area contributed by atoms with Crippen LogP contribution >= 0.6 is 15.9 Å². The number of hydrogen-bond donors (Lipinski definition) is 1. The smallest absolute Gasteiger partial charge is 0.258 e. The normalized spacial score (nSPS) is 13.0. The van der Waals surface area contributed by atoms with E-state index in [4.69, 9.17) is 0 Å². The minimum Gasteiger partial charge on any atom is -0.375 e. The lowest BCUT2D eigenvalue weighted by Crippen LogP contribution is -2.23. The molecule has 1 unspecified atom stereocenters. The number of nitrogens with one attached hydrogen (secondary N) is 1. The molecule has 0 spiro atoms. The van der Waals surface area contributed by atoms with E-state index in [-0.39, 0.29) is 0 Å². The fourth-order valence-corrected chi connectivity index (χ4v) is 1.17. The Morgan fingerprint density at radius 1 is 1.54 bits per heavy atom. The van der Waals surface area contributed by atoms with Crippen molar-refractivity contribution in [3.63, 3.8) is 0 Å². The van der Waals surface area contributed by atoms with Gasteiger partial charge >= 0.3 is 0 Å². The molecule has 0 bridgehead atoms. The lowest BCUT2D eigenvalue weighted by Gasteiger charge is -2.14. The van der Waals surface area contributed by atoms with Crippen molar-refractivity contribution in [3.8, 4) is 0 Å². The Bertz CT molecular complexity index is 281. The van der Waals surface area contributed by atoms with Crippen LogP contribution in [0.25, 0.3) is 0 Å². The second-order valence-corrected chi connectivity index (χ2v) is 3.36. The Labute approximate surface area is 83.5 Å². The van der Waals surface area contributed by atoms with Crippen LogP contribution in [0.2, 0.25) is 0 Å². The molecule has 1 heterocycles. The van der Waals surface area contributed by atoms with Gasteiger partial charge < -0.3 is 5.32 Å². The summed E-state index contributed by atoms with van der Waals surface area (Å²) in [5, 5.41) is 2.65. The third-order valence-corrected chi connectivity index (χ3v) is 2.15. The Kier molecular flexibility index (Phi) is 3.59. The molecule has 0 saturated heterocycles. The second-order valence-electron chi connectivity index (χ2n) is 2.61. The van der Waals surface area contributed by atoms with Gasteiger partial charge in [-0.25, -0.2) is 13.8 Å². The third kappa shape index (κ3) is 2.91. The van der Waals surface area contributed by atoms with Crippen LogP contribution in [0, 0.1) is 0 Å². The molecule has 1 N–H and O–H groups in total. The molecule has 1 rings (SSSR count). The van der Waals surface area contributed by atoms with Gasteiger partial charge in [0, 0.05) is 6.20 Å². The number of aromatic nitrogens is 1. The number of anilines is 1. The zero-order valence-corrected chi connectivity index (χ0v) is 8.55. The van der Waals surface area contributed by atoms with E-state index in [2.05, 4.69) is 26.2 Å². The summed E-state index contributed by atoms with van der Waals surface area (Å²) in [6.45, 7) is 1.42. The lowest BCUT2D eigenvalue weighted by atomic mass is 10.3. The Balaban J connectivity index is 2.69. The Hall–Kier alpha value is -0.710. The summed E-state index contributed by atoms with van der Waals surface area (Å²) in [6.07, 6.45) is -0.797. The number of pyridine rings is 1. The highest BCUT2D eigenvalue weighted by Crippen LogP contribution is 2.20. The van der Waals surface area contributed by atoms with Crippen LogP contribution in [0.3, 0.4) is 0 Å². The van der Waals surface area contributed by atoms with Gasteiger partial charge in [-0.05, 0) is 35.0 Å². The standard InChI is InChI=1S/C8H9BrF2N2/c1-5(8(10)11)13-6-3-2-4-12-7(6)9/h2-5,8,13H,1H3. The topological polar surface area (TPSA) is 24.9 Å². The van der Waals surface area contributed by atoms with Crippen molar-refractivity contribution in [3.05, 3.63) is 22.9 Å². The van der Waals surface area contributed by atoms with Crippen molar-refractivity contribution in [2.24, 2.45) is 0 Å². The summed E-state index contributed by atoms with van der Waals surface area (Å²) in [5.74, 6) is 0.